The third kappa shape index (κ3) is 7.13. The fourth-order valence-electron chi connectivity index (χ4n) is 15.1. The topological polar surface area (TPSA) is 19.6 Å². The summed E-state index contributed by atoms with van der Waals surface area (Å²) in [5, 5.41) is 3.69. The lowest BCUT2D eigenvalue weighted by Gasteiger charge is -2.46. The summed E-state index contributed by atoms with van der Waals surface area (Å²) < 4.78 is 9.78. The van der Waals surface area contributed by atoms with Crippen LogP contribution in [0.5, 0.6) is 0 Å². The molecule has 0 saturated carbocycles. The lowest BCUT2D eigenvalue weighted by atomic mass is 9.36. The van der Waals surface area contributed by atoms with Crippen LogP contribution < -0.4 is 25.5 Å². The Morgan fingerprint density at radius 3 is 1.64 bits per heavy atom. The summed E-state index contributed by atoms with van der Waals surface area (Å²) in [6.07, 6.45) is 7.01. The number of para-hydroxylation sites is 1. The van der Waals surface area contributed by atoms with Gasteiger partial charge in [-0.05, 0) is 199 Å². The van der Waals surface area contributed by atoms with Gasteiger partial charge in [0.2, 0.25) is 0 Å². The summed E-state index contributed by atoms with van der Waals surface area (Å²) >= 11 is 2.05. The number of thiophene rings is 1. The van der Waals surface area contributed by atoms with Crippen molar-refractivity contribution in [1.82, 2.24) is 0 Å². The molecule has 14 rings (SSSR count). The van der Waals surface area contributed by atoms with Crippen LogP contribution in [0.2, 0.25) is 0 Å². The van der Waals surface area contributed by atoms with E-state index in [4.69, 9.17) is 4.42 Å². The Balaban J connectivity index is 1.16. The minimum absolute atomic E-state index is 0.00671. The summed E-state index contributed by atoms with van der Waals surface area (Å²) in [7, 11) is 0. The highest BCUT2D eigenvalue weighted by Gasteiger charge is 2.49. The molecule has 0 spiro atoms. The normalized spacial score (nSPS) is 19.9. The lowest BCUT2D eigenvalue weighted by Crippen LogP contribution is -2.60. The first-order chi connectivity index (χ1) is 36.2. The molecule has 0 N–H and O–H groups in total. The van der Waals surface area contributed by atoms with Gasteiger partial charge in [0.05, 0.1) is 11.4 Å². The fraction of sp³-hybridized carbons (Fsp3) is 0.389. The quantitative estimate of drug-likeness (QED) is 0.164. The Bertz CT molecular complexity index is 4000. The molecule has 2 aromatic heterocycles. The van der Waals surface area contributed by atoms with E-state index < -0.39 is 0 Å². The molecule has 5 aliphatic rings. The second kappa shape index (κ2) is 15.8. The van der Waals surface area contributed by atoms with Gasteiger partial charge in [-0.3, -0.25) is 0 Å². The van der Waals surface area contributed by atoms with Crippen molar-refractivity contribution in [2.75, 3.05) is 9.80 Å². The van der Waals surface area contributed by atoms with E-state index in [0.717, 1.165) is 41.2 Å². The van der Waals surface area contributed by atoms with Crippen LogP contribution in [0.3, 0.4) is 0 Å². The van der Waals surface area contributed by atoms with Gasteiger partial charge in [0.15, 0.2) is 0 Å². The number of anilines is 6. The Morgan fingerprint density at radius 1 is 0.455 bits per heavy atom. The molecule has 0 amide bonds. The first kappa shape index (κ1) is 49.3. The van der Waals surface area contributed by atoms with Crippen molar-refractivity contribution >= 4 is 99.9 Å². The van der Waals surface area contributed by atoms with Crippen molar-refractivity contribution in [1.29, 1.82) is 0 Å². The number of hydrogen-bond acceptors (Lipinski definition) is 4. The largest absolute Gasteiger partial charge is 0.456 e. The van der Waals surface area contributed by atoms with E-state index in [0.29, 0.717) is 0 Å². The Labute approximate surface area is 463 Å². The first-order valence-corrected chi connectivity index (χ1v) is 29.8. The zero-order valence-electron chi connectivity index (χ0n) is 48.6. The van der Waals surface area contributed by atoms with Crippen LogP contribution in [0.15, 0.2) is 126 Å². The van der Waals surface area contributed by atoms with E-state index in [2.05, 4.69) is 235 Å². The monoisotopic (exact) mass is 1030 g/mol. The Hall–Kier alpha value is -6.04. The molecule has 5 heteroatoms. The van der Waals surface area contributed by atoms with Crippen molar-refractivity contribution < 1.29 is 4.42 Å². The van der Waals surface area contributed by atoms with E-state index in [1.54, 1.807) is 0 Å². The molecule has 0 radical (unpaired) electrons. The predicted octanol–water partition coefficient (Wildman–Crippen LogP) is 18.9. The van der Waals surface area contributed by atoms with Gasteiger partial charge in [-0.2, -0.15) is 0 Å². The zero-order valence-corrected chi connectivity index (χ0v) is 49.4. The van der Waals surface area contributed by atoms with E-state index in [-0.39, 0.29) is 44.6 Å². The molecule has 390 valence electrons. The molecule has 0 saturated heterocycles. The van der Waals surface area contributed by atoms with E-state index in [9.17, 15) is 0 Å². The number of fused-ring (bicyclic) bond motifs is 12. The fourth-order valence-corrected chi connectivity index (χ4v) is 16.4. The third-order valence-electron chi connectivity index (χ3n) is 20.4. The molecule has 4 heterocycles. The van der Waals surface area contributed by atoms with E-state index in [1.165, 1.54) is 129 Å². The average molecular weight is 1030 g/mol. The molecule has 0 fully saturated rings. The van der Waals surface area contributed by atoms with Gasteiger partial charge in [-0.1, -0.05) is 158 Å². The highest BCUT2D eigenvalue weighted by Crippen LogP contribution is 2.57. The zero-order chi connectivity index (χ0) is 53.9. The van der Waals surface area contributed by atoms with Crippen LogP contribution in [0.25, 0.3) is 43.2 Å². The minimum Gasteiger partial charge on any atom is -0.456 e. The van der Waals surface area contributed by atoms with Crippen LogP contribution in [0.1, 0.15) is 181 Å². The molecule has 2 aliphatic heterocycles. The van der Waals surface area contributed by atoms with Crippen LogP contribution in [0.4, 0.5) is 34.1 Å². The lowest BCUT2D eigenvalue weighted by molar-refractivity contribution is 0.332. The van der Waals surface area contributed by atoms with Crippen LogP contribution in [-0.2, 0) is 37.9 Å². The van der Waals surface area contributed by atoms with Gasteiger partial charge in [0, 0.05) is 53.9 Å². The maximum absolute atomic E-state index is 6.98. The van der Waals surface area contributed by atoms with Gasteiger partial charge in [-0.15, -0.1) is 11.3 Å². The van der Waals surface area contributed by atoms with Gasteiger partial charge in [0.1, 0.15) is 11.2 Å². The molecule has 0 bridgehead atoms. The van der Waals surface area contributed by atoms with Gasteiger partial charge < -0.3 is 14.2 Å². The molecule has 3 aliphatic carbocycles. The molecule has 3 nitrogen and oxygen atoms in total. The van der Waals surface area contributed by atoms with Crippen molar-refractivity contribution in [3.05, 3.63) is 160 Å². The third-order valence-corrected chi connectivity index (χ3v) is 21.6. The maximum Gasteiger partial charge on any atom is 0.264 e. The average Bonchev–Trinajstić information content (AvgIpc) is 4.11. The first-order valence-electron chi connectivity index (χ1n) is 29.0. The van der Waals surface area contributed by atoms with Gasteiger partial charge >= 0.3 is 0 Å². The molecule has 7 aromatic carbocycles. The molecule has 0 unspecified atom stereocenters. The Morgan fingerprint density at radius 2 is 1.00 bits per heavy atom. The van der Waals surface area contributed by atoms with Crippen LogP contribution in [-0.4, -0.2) is 6.71 Å². The molecule has 9 aromatic rings. The van der Waals surface area contributed by atoms with Crippen molar-refractivity contribution in [2.24, 2.45) is 0 Å². The van der Waals surface area contributed by atoms with Crippen molar-refractivity contribution in [3.63, 3.8) is 0 Å². The van der Waals surface area contributed by atoms with Crippen molar-refractivity contribution in [2.45, 2.75) is 180 Å². The number of furan rings is 1. The van der Waals surface area contributed by atoms with Crippen molar-refractivity contribution in [3.8, 4) is 11.1 Å². The smallest absolute Gasteiger partial charge is 0.264 e. The number of nitrogens with zero attached hydrogens (tertiary/aromatic N) is 2. The number of rotatable bonds is 3. The molecule has 77 heavy (non-hydrogen) atoms. The van der Waals surface area contributed by atoms with E-state index >= 15 is 0 Å². The second-order valence-electron chi connectivity index (χ2n) is 29.3. The summed E-state index contributed by atoms with van der Waals surface area (Å²) in [6, 6.07) is 48.3. The molecular formula is C72H77BN2OS. The number of hydrogen-bond donors (Lipinski definition) is 0. The SMILES string of the molecule is CC(C)(C)c1cc2c3c(c1)N(c1ccc4c(c1)C(C)(C)CCC4(C)C)c1c(sc4cc5c(cc14)C(C)(C)CCC5(C)C)B3c1cc3oc4ccccc4c3cc1N2c1cc2c(cc1-c1ccccc1)C(C)(C)CCC2(C)C. The summed E-state index contributed by atoms with van der Waals surface area (Å²) in [5.41, 5.74) is 25.1. The van der Waals surface area contributed by atoms with Gasteiger partial charge in [0.25, 0.3) is 6.71 Å². The second-order valence-corrected chi connectivity index (χ2v) is 30.4. The Kier molecular flexibility index (Phi) is 10.1. The predicted molar refractivity (Wildman–Crippen MR) is 333 cm³/mol. The summed E-state index contributed by atoms with van der Waals surface area (Å²) in [4.78, 5) is 5.50. The number of benzene rings is 7. The minimum atomic E-state index is -0.166. The van der Waals surface area contributed by atoms with Gasteiger partial charge in [-0.25, -0.2) is 0 Å². The maximum atomic E-state index is 6.98. The van der Waals surface area contributed by atoms with Crippen LogP contribution >= 0.6 is 11.3 Å². The van der Waals surface area contributed by atoms with Crippen LogP contribution in [0, 0.1) is 0 Å². The molecule has 0 atom stereocenters. The standard InChI is InChI=1S/C72H77BN2OS/c1-66(2,3)43-33-58-63-59(34-43)75(56-39-53-51(69(8,9)29-31-71(53,12)13)36-46(56)42-21-17-16-18-22-42)57-38-47-45-23-19-20-24-60(45)76-61(47)41-55(57)73(63)65-64(48-37-52-54(40-62(48)77-65)72(14,15)32-30-70(52,10)11)74(58)44-25-26-49-50(35-44)68(6,7)28-27-67(49,4)5/h16-26,33-41H,27-32H2,1-15H3. The highest BCUT2D eigenvalue weighted by atomic mass is 32.1. The van der Waals surface area contributed by atoms with E-state index in [1.807, 2.05) is 11.3 Å². The highest BCUT2D eigenvalue weighted by molar-refractivity contribution is 7.33. The molecular weight excluding hydrogens is 952 g/mol. The summed E-state index contributed by atoms with van der Waals surface area (Å²) in [5.74, 6) is 0. The summed E-state index contributed by atoms with van der Waals surface area (Å²) in [6.45, 7) is 36.9.